The molecule has 1 heterocycles. The number of carbonyl (C=O) groups is 1. The van der Waals surface area contributed by atoms with Crippen molar-refractivity contribution >= 4 is 5.91 Å². The maximum atomic E-state index is 10.9. The van der Waals surface area contributed by atoms with Crippen LogP contribution in [0.1, 0.15) is 31.7 Å². The summed E-state index contributed by atoms with van der Waals surface area (Å²) < 4.78 is 0. The topological polar surface area (TPSA) is 41.1 Å². The molecule has 0 radical (unpaired) electrons. The van der Waals surface area contributed by atoms with E-state index in [1.165, 1.54) is 24.9 Å². The molecule has 1 aliphatic heterocycles. The zero-order chi connectivity index (χ0) is 13.2. The third kappa shape index (κ3) is 6.40. The van der Waals surface area contributed by atoms with E-state index >= 15 is 0 Å². The lowest BCUT2D eigenvalue weighted by molar-refractivity contribution is -0.120. The van der Waals surface area contributed by atoms with Crippen LogP contribution < -0.4 is 10.6 Å². The van der Waals surface area contributed by atoms with Crippen LogP contribution in [0.3, 0.4) is 0 Å². The van der Waals surface area contributed by atoms with E-state index in [1.54, 1.807) is 7.05 Å². The first-order valence-electron chi connectivity index (χ1n) is 6.70. The fourth-order valence-corrected chi connectivity index (χ4v) is 1.89. The Kier molecular flexibility index (Phi) is 7.11. The number of benzene rings is 1. The van der Waals surface area contributed by atoms with E-state index in [-0.39, 0.29) is 5.91 Å². The monoisotopic (exact) mass is 248 g/mol. The molecule has 1 aliphatic rings. The van der Waals surface area contributed by atoms with Crippen molar-refractivity contribution in [1.29, 1.82) is 0 Å². The van der Waals surface area contributed by atoms with Crippen molar-refractivity contribution in [1.82, 2.24) is 10.6 Å². The van der Waals surface area contributed by atoms with Gasteiger partial charge in [-0.1, -0.05) is 30.3 Å². The van der Waals surface area contributed by atoms with Gasteiger partial charge < -0.3 is 10.6 Å². The molecule has 18 heavy (non-hydrogen) atoms. The van der Waals surface area contributed by atoms with Gasteiger partial charge in [-0.2, -0.15) is 0 Å². The Morgan fingerprint density at radius 3 is 2.56 bits per heavy atom. The lowest BCUT2D eigenvalue weighted by Gasteiger charge is -1.99. The summed E-state index contributed by atoms with van der Waals surface area (Å²) in [6.45, 7) is 3.47. The van der Waals surface area contributed by atoms with Crippen molar-refractivity contribution in [3.63, 3.8) is 0 Å². The van der Waals surface area contributed by atoms with Crippen LogP contribution in [0, 0.1) is 0 Å². The molecule has 0 aliphatic carbocycles. The summed E-state index contributed by atoms with van der Waals surface area (Å²) in [4.78, 5) is 10.9. The quantitative estimate of drug-likeness (QED) is 0.860. The van der Waals surface area contributed by atoms with Crippen LogP contribution in [0.2, 0.25) is 0 Å². The maximum Gasteiger partial charge on any atom is 0.220 e. The zero-order valence-corrected chi connectivity index (χ0v) is 11.4. The first-order valence-corrected chi connectivity index (χ1v) is 6.70. The van der Waals surface area contributed by atoms with Crippen molar-refractivity contribution in [3.05, 3.63) is 35.9 Å². The molecule has 3 heteroatoms. The highest BCUT2D eigenvalue weighted by Crippen LogP contribution is 2.02. The molecule has 0 spiro atoms. The van der Waals surface area contributed by atoms with Crippen LogP contribution in [-0.2, 0) is 11.2 Å². The van der Waals surface area contributed by atoms with Crippen LogP contribution in [0.15, 0.2) is 30.3 Å². The standard InChI is InChI=1S/C10H13NO.C5H11N/c1-11-10(12)8-7-9-5-3-2-4-6-9;1-5-3-2-4-6-5/h2-6H,7-8H2,1H3,(H,11,12);5-6H,2-4H2,1H3. The molecular weight excluding hydrogens is 224 g/mol. The minimum atomic E-state index is 0.0962. The molecule has 0 aromatic heterocycles. The summed E-state index contributed by atoms with van der Waals surface area (Å²) in [6, 6.07) is 10.8. The van der Waals surface area contributed by atoms with Gasteiger partial charge in [0.25, 0.3) is 0 Å². The Hall–Kier alpha value is -1.35. The Labute approximate surface area is 110 Å². The maximum absolute atomic E-state index is 10.9. The van der Waals surface area contributed by atoms with Crippen molar-refractivity contribution in [2.45, 2.75) is 38.6 Å². The molecule has 1 amide bonds. The third-order valence-corrected chi connectivity index (χ3v) is 3.07. The van der Waals surface area contributed by atoms with Gasteiger partial charge in [-0.15, -0.1) is 0 Å². The van der Waals surface area contributed by atoms with Gasteiger partial charge in [0, 0.05) is 19.5 Å². The molecule has 1 saturated heterocycles. The number of nitrogens with one attached hydrogen (secondary N) is 2. The van der Waals surface area contributed by atoms with Gasteiger partial charge in [-0.25, -0.2) is 0 Å². The highest BCUT2D eigenvalue weighted by atomic mass is 16.1. The molecule has 1 atom stereocenters. The molecule has 100 valence electrons. The van der Waals surface area contributed by atoms with Crippen molar-refractivity contribution < 1.29 is 4.79 Å². The summed E-state index contributed by atoms with van der Waals surface area (Å²) in [5.74, 6) is 0.0962. The number of amides is 1. The van der Waals surface area contributed by atoms with Crippen LogP contribution in [0.4, 0.5) is 0 Å². The number of aryl methyl sites for hydroxylation is 1. The zero-order valence-electron chi connectivity index (χ0n) is 11.4. The van der Waals surface area contributed by atoms with Crippen LogP contribution in [-0.4, -0.2) is 25.5 Å². The average molecular weight is 248 g/mol. The normalized spacial score (nSPS) is 17.8. The molecule has 1 aromatic carbocycles. The molecule has 1 unspecified atom stereocenters. The smallest absolute Gasteiger partial charge is 0.220 e. The van der Waals surface area contributed by atoms with Gasteiger partial charge >= 0.3 is 0 Å². The summed E-state index contributed by atoms with van der Waals surface area (Å²) >= 11 is 0. The fourth-order valence-electron chi connectivity index (χ4n) is 1.89. The molecule has 1 fully saturated rings. The lowest BCUT2D eigenvalue weighted by atomic mass is 10.1. The van der Waals surface area contributed by atoms with Crippen LogP contribution >= 0.6 is 0 Å². The van der Waals surface area contributed by atoms with E-state index < -0.39 is 0 Å². The van der Waals surface area contributed by atoms with Crippen LogP contribution in [0.5, 0.6) is 0 Å². The Bertz CT molecular complexity index is 332. The minimum Gasteiger partial charge on any atom is -0.359 e. The van der Waals surface area contributed by atoms with E-state index in [9.17, 15) is 4.79 Å². The third-order valence-electron chi connectivity index (χ3n) is 3.07. The van der Waals surface area contributed by atoms with E-state index in [1.807, 2.05) is 30.3 Å². The van der Waals surface area contributed by atoms with Gasteiger partial charge in [0.05, 0.1) is 0 Å². The average Bonchev–Trinajstić information content (AvgIpc) is 2.89. The van der Waals surface area contributed by atoms with Crippen molar-refractivity contribution in [3.8, 4) is 0 Å². The van der Waals surface area contributed by atoms with Gasteiger partial charge in [0.1, 0.15) is 0 Å². The summed E-state index contributed by atoms with van der Waals surface area (Å²) in [6.07, 6.45) is 4.14. The van der Waals surface area contributed by atoms with Gasteiger partial charge in [0.2, 0.25) is 5.91 Å². The van der Waals surface area contributed by atoms with E-state index in [0.29, 0.717) is 6.42 Å². The first kappa shape index (κ1) is 14.7. The molecule has 3 nitrogen and oxygen atoms in total. The first-order chi connectivity index (χ1) is 8.72. The van der Waals surface area contributed by atoms with E-state index in [2.05, 4.69) is 17.6 Å². The molecule has 0 saturated carbocycles. The largest absolute Gasteiger partial charge is 0.359 e. The molecular formula is C15H24N2O. The molecule has 1 aromatic rings. The SMILES string of the molecule is CC1CCCN1.CNC(=O)CCc1ccccc1. The highest BCUT2D eigenvalue weighted by molar-refractivity contribution is 5.75. The second-order valence-electron chi connectivity index (χ2n) is 4.66. The number of carbonyl (C=O) groups excluding carboxylic acids is 1. The molecule has 0 bridgehead atoms. The van der Waals surface area contributed by atoms with Gasteiger partial charge in [-0.3, -0.25) is 4.79 Å². The van der Waals surface area contributed by atoms with Crippen molar-refractivity contribution in [2.24, 2.45) is 0 Å². The number of rotatable bonds is 3. The summed E-state index contributed by atoms with van der Waals surface area (Å²) in [7, 11) is 1.66. The van der Waals surface area contributed by atoms with Gasteiger partial charge in [0.15, 0.2) is 0 Å². The number of hydrogen-bond donors (Lipinski definition) is 2. The Morgan fingerprint density at radius 1 is 1.39 bits per heavy atom. The predicted octanol–water partition coefficient (Wildman–Crippen LogP) is 2.12. The minimum absolute atomic E-state index is 0.0962. The van der Waals surface area contributed by atoms with Crippen molar-refractivity contribution in [2.75, 3.05) is 13.6 Å². The van der Waals surface area contributed by atoms with E-state index in [0.717, 1.165) is 12.5 Å². The predicted molar refractivity (Wildman–Crippen MR) is 75.5 cm³/mol. The lowest BCUT2D eigenvalue weighted by Crippen LogP contribution is -2.17. The molecule has 2 N–H and O–H groups in total. The highest BCUT2D eigenvalue weighted by Gasteiger charge is 2.05. The summed E-state index contributed by atoms with van der Waals surface area (Å²) in [5.41, 5.74) is 1.21. The van der Waals surface area contributed by atoms with Gasteiger partial charge in [-0.05, 0) is 38.3 Å². The number of hydrogen-bond acceptors (Lipinski definition) is 2. The van der Waals surface area contributed by atoms with E-state index in [4.69, 9.17) is 0 Å². The second kappa shape index (κ2) is 8.70. The Balaban J connectivity index is 0.000000225. The van der Waals surface area contributed by atoms with Crippen LogP contribution in [0.25, 0.3) is 0 Å². The summed E-state index contributed by atoms with van der Waals surface area (Å²) in [5, 5.41) is 5.92. The Morgan fingerprint density at radius 2 is 2.11 bits per heavy atom. The molecule has 2 rings (SSSR count). The fraction of sp³-hybridized carbons (Fsp3) is 0.533. The second-order valence-corrected chi connectivity index (χ2v) is 4.66.